The highest BCUT2D eigenvalue weighted by Gasteiger charge is 2.05. The second-order valence-electron chi connectivity index (χ2n) is 5.61. The first-order valence-corrected chi connectivity index (χ1v) is 8.22. The SMILES string of the molecule is COc1ccccc1CCNc1cc(NCc2ccco2)nc(C)n1. The minimum absolute atomic E-state index is 0.587. The second-order valence-corrected chi connectivity index (χ2v) is 5.61. The van der Waals surface area contributed by atoms with Gasteiger partial charge >= 0.3 is 0 Å². The van der Waals surface area contributed by atoms with Gasteiger partial charge in [0.15, 0.2) is 0 Å². The van der Waals surface area contributed by atoms with Crippen molar-refractivity contribution in [2.75, 3.05) is 24.3 Å². The van der Waals surface area contributed by atoms with Crippen LogP contribution in [0.2, 0.25) is 0 Å². The number of benzene rings is 1. The summed E-state index contributed by atoms with van der Waals surface area (Å²) in [5.74, 6) is 4.04. The summed E-state index contributed by atoms with van der Waals surface area (Å²) in [6.07, 6.45) is 2.51. The highest BCUT2D eigenvalue weighted by atomic mass is 16.5. The number of para-hydroxylation sites is 1. The summed E-state index contributed by atoms with van der Waals surface area (Å²) in [7, 11) is 1.69. The van der Waals surface area contributed by atoms with Crippen LogP contribution in [0, 0.1) is 6.92 Å². The Hall–Kier alpha value is -3.02. The third kappa shape index (κ3) is 4.73. The van der Waals surface area contributed by atoms with Crippen LogP contribution >= 0.6 is 0 Å². The van der Waals surface area contributed by atoms with Gasteiger partial charge < -0.3 is 19.8 Å². The van der Waals surface area contributed by atoms with Gasteiger partial charge in [-0.3, -0.25) is 0 Å². The van der Waals surface area contributed by atoms with E-state index in [0.717, 1.165) is 36.1 Å². The smallest absolute Gasteiger partial charge is 0.132 e. The molecule has 0 aliphatic heterocycles. The molecule has 130 valence electrons. The fraction of sp³-hybridized carbons (Fsp3) is 0.263. The number of hydrogen-bond donors (Lipinski definition) is 2. The van der Waals surface area contributed by atoms with Gasteiger partial charge in [-0.2, -0.15) is 0 Å². The Kier molecular flexibility index (Phi) is 5.51. The fourth-order valence-corrected chi connectivity index (χ4v) is 2.57. The first-order valence-electron chi connectivity index (χ1n) is 8.22. The van der Waals surface area contributed by atoms with Crippen molar-refractivity contribution in [1.29, 1.82) is 0 Å². The molecular formula is C19H22N4O2. The van der Waals surface area contributed by atoms with Crippen LogP contribution < -0.4 is 15.4 Å². The van der Waals surface area contributed by atoms with Crippen LogP contribution in [0.15, 0.2) is 53.1 Å². The lowest BCUT2D eigenvalue weighted by Gasteiger charge is -2.11. The molecule has 0 fully saturated rings. The van der Waals surface area contributed by atoms with E-state index >= 15 is 0 Å². The lowest BCUT2D eigenvalue weighted by Crippen LogP contribution is -2.10. The molecule has 6 heteroatoms. The quantitative estimate of drug-likeness (QED) is 0.653. The maximum Gasteiger partial charge on any atom is 0.132 e. The highest BCUT2D eigenvalue weighted by Crippen LogP contribution is 2.18. The zero-order valence-electron chi connectivity index (χ0n) is 14.5. The van der Waals surface area contributed by atoms with E-state index in [0.29, 0.717) is 12.4 Å². The number of aromatic nitrogens is 2. The molecule has 0 spiro atoms. The van der Waals surface area contributed by atoms with Crippen LogP contribution in [0.3, 0.4) is 0 Å². The van der Waals surface area contributed by atoms with Gasteiger partial charge in [0.05, 0.1) is 19.9 Å². The van der Waals surface area contributed by atoms with Crippen molar-refractivity contribution in [3.05, 3.63) is 65.9 Å². The van der Waals surface area contributed by atoms with Crippen LogP contribution in [0.4, 0.5) is 11.6 Å². The van der Waals surface area contributed by atoms with Crippen molar-refractivity contribution >= 4 is 11.6 Å². The number of aryl methyl sites for hydroxylation is 1. The molecule has 0 saturated carbocycles. The van der Waals surface area contributed by atoms with Crippen molar-refractivity contribution < 1.29 is 9.15 Å². The van der Waals surface area contributed by atoms with Gasteiger partial charge in [-0.1, -0.05) is 18.2 Å². The number of methoxy groups -OCH3 is 1. The van der Waals surface area contributed by atoms with E-state index in [1.54, 1.807) is 13.4 Å². The fourth-order valence-electron chi connectivity index (χ4n) is 2.57. The number of furan rings is 1. The van der Waals surface area contributed by atoms with Crippen LogP contribution in [-0.2, 0) is 13.0 Å². The average Bonchev–Trinajstić information content (AvgIpc) is 3.13. The van der Waals surface area contributed by atoms with Gasteiger partial charge in [-0.05, 0) is 37.1 Å². The molecule has 25 heavy (non-hydrogen) atoms. The van der Waals surface area contributed by atoms with Gasteiger partial charge in [0.25, 0.3) is 0 Å². The highest BCUT2D eigenvalue weighted by molar-refractivity contribution is 5.48. The monoisotopic (exact) mass is 338 g/mol. The molecule has 6 nitrogen and oxygen atoms in total. The van der Waals surface area contributed by atoms with Gasteiger partial charge in [-0.15, -0.1) is 0 Å². The molecule has 0 radical (unpaired) electrons. The van der Waals surface area contributed by atoms with Crippen molar-refractivity contribution in [3.8, 4) is 5.75 Å². The Morgan fingerprint density at radius 1 is 1.04 bits per heavy atom. The molecule has 0 saturated heterocycles. The van der Waals surface area contributed by atoms with Crippen LogP contribution in [-0.4, -0.2) is 23.6 Å². The predicted molar refractivity (Wildman–Crippen MR) is 98.0 cm³/mol. The lowest BCUT2D eigenvalue weighted by atomic mass is 10.1. The Morgan fingerprint density at radius 2 is 1.84 bits per heavy atom. The standard InChI is InChI=1S/C19H22N4O2/c1-14-22-18(12-19(23-14)21-13-16-7-5-11-25-16)20-10-9-15-6-3-4-8-17(15)24-2/h3-8,11-12H,9-10,13H2,1-2H3,(H2,20,21,22,23). The maximum atomic E-state index is 5.38. The van der Waals surface area contributed by atoms with Crippen LogP contribution in [0.1, 0.15) is 17.1 Å². The molecule has 3 aromatic rings. The summed E-state index contributed by atoms with van der Waals surface area (Å²) in [6, 6.07) is 13.7. The Morgan fingerprint density at radius 3 is 2.60 bits per heavy atom. The summed E-state index contributed by atoms with van der Waals surface area (Å²) in [4.78, 5) is 8.84. The molecule has 2 N–H and O–H groups in total. The first-order chi connectivity index (χ1) is 12.2. The summed E-state index contributed by atoms with van der Waals surface area (Å²) in [5.41, 5.74) is 1.17. The molecule has 0 aliphatic rings. The zero-order chi connectivity index (χ0) is 17.5. The molecule has 3 rings (SSSR count). The summed E-state index contributed by atoms with van der Waals surface area (Å²) in [6.45, 7) is 3.22. The molecule has 0 aliphatic carbocycles. The third-order valence-electron chi connectivity index (χ3n) is 3.75. The van der Waals surface area contributed by atoms with Gasteiger partial charge in [0.1, 0.15) is 29.0 Å². The van der Waals surface area contributed by atoms with Gasteiger partial charge in [-0.25, -0.2) is 9.97 Å². The predicted octanol–water partition coefficient (Wildman–Crippen LogP) is 3.65. The van der Waals surface area contributed by atoms with E-state index in [1.807, 2.05) is 43.3 Å². The molecule has 2 heterocycles. The van der Waals surface area contributed by atoms with Crippen LogP contribution in [0.5, 0.6) is 5.75 Å². The topological polar surface area (TPSA) is 72.2 Å². The number of nitrogens with zero attached hydrogens (tertiary/aromatic N) is 2. The number of anilines is 2. The minimum atomic E-state index is 0.587. The second kappa shape index (κ2) is 8.19. The van der Waals surface area contributed by atoms with Crippen molar-refractivity contribution in [2.24, 2.45) is 0 Å². The van der Waals surface area contributed by atoms with Gasteiger partial charge in [0, 0.05) is 12.6 Å². The first kappa shape index (κ1) is 16.8. The lowest BCUT2D eigenvalue weighted by molar-refractivity contribution is 0.410. The van der Waals surface area contributed by atoms with E-state index < -0.39 is 0 Å². The molecule has 0 atom stereocenters. The summed E-state index contributed by atoms with van der Waals surface area (Å²) >= 11 is 0. The Labute approximate surface area is 147 Å². The number of hydrogen-bond acceptors (Lipinski definition) is 6. The number of rotatable bonds is 8. The van der Waals surface area contributed by atoms with Crippen molar-refractivity contribution in [2.45, 2.75) is 19.9 Å². The average molecular weight is 338 g/mol. The molecule has 2 aromatic heterocycles. The van der Waals surface area contributed by atoms with E-state index in [-0.39, 0.29) is 0 Å². The van der Waals surface area contributed by atoms with Crippen molar-refractivity contribution in [3.63, 3.8) is 0 Å². The minimum Gasteiger partial charge on any atom is -0.496 e. The van der Waals surface area contributed by atoms with E-state index in [2.05, 4.69) is 26.7 Å². The molecule has 1 aromatic carbocycles. The molecule has 0 unspecified atom stereocenters. The van der Waals surface area contributed by atoms with Crippen LogP contribution in [0.25, 0.3) is 0 Å². The van der Waals surface area contributed by atoms with Crippen molar-refractivity contribution in [1.82, 2.24) is 9.97 Å². The normalized spacial score (nSPS) is 10.5. The van der Waals surface area contributed by atoms with E-state index in [4.69, 9.17) is 9.15 Å². The van der Waals surface area contributed by atoms with E-state index in [9.17, 15) is 0 Å². The number of nitrogens with one attached hydrogen (secondary N) is 2. The Bertz CT molecular complexity index is 803. The zero-order valence-corrected chi connectivity index (χ0v) is 14.5. The molecule has 0 bridgehead atoms. The van der Waals surface area contributed by atoms with E-state index in [1.165, 1.54) is 5.56 Å². The van der Waals surface area contributed by atoms with Gasteiger partial charge in [0.2, 0.25) is 0 Å². The third-order valence-corrected chi connectivity index (χ3v) is 3.75. The molecule has 0 amide bonds. The largest absolute Gasteiger partial charge is 0.496 e. The maximum absolute atomic E-state index is 5.38. The summed E-state index contributed by atoms with van der Waals surface area (Å²) in [5, 5.41) is 6.60. The number of ether oxygens (including phenoxy) is 1. The summed E-state index contributed by atoms with van der Waals surface area (Å²) < 4.78 is 10.7. The Balaban J connectivity index is 1.58. The molecular weight excluding hydrogens is 316 g/mol.